The Kier molecular flexibility index (Phi) is 4.68. The van der Waals surface area contributed by atoms with Crippen LogP contribution in [-0.2, 0) is 4.79 Å². The molecular formula is C14H18FN3O2. The molecular weight excluding hydrogens is 261 g/mol. The maximum atomic E-state index is 13.7. The maximum absolute atomic E-state index is 13.7. The summed E-state index contributed by atoms with van der Waals surface area (Å²) in [6.45, 7) is 0.780. The largest absolute Gasteiger partial charge is 0.366 e. The van der Waals surface area contributed by atoms with Gasteiger partial charge in [0.05, 0.1) is 11.7 Å². The smallest absolute Gasteiger partial charge is 0.248 e. The van der Waals surface area contributed by atoms with E-state index in [0.717, 1.165) is 38.3 Å². The summed E-state index contributed by atoms with van der Waals surface area (Å²) in [5, 5.41) is 5.65. The molecule has 0 aromatic heterocycles. The van der Waals surface area contributed by atoms with Gasteiger partial charge in [0.2, 0.25) is 11.8 Å². The first-order valence-electron chi connectivity index (χ1n) is 6.71. The van der Waals surface area contributed by atoms with E-state index in [1.165, 1.54) is 12.1 Å². The summed E-state index contributed by atoms with van der Waals surface area (Å²) in [6.07, 6.45) is 3.81. The van der Waals surface area contributed by atoms with Crippen molar-refractivity contribution in [1.82, 2.24) is 5.32 Å². The van der Waals surface area contributed by atoms with Crippen molar-refractivity contribution < 1.29 is 14.0 Å². The average Bonchev–Trinajstić information content (AvgIpc) is 2.70. The van der Waals surface area contributed by atoms with Crippen LogP contribution in [0, 0.1) is 5.82 Å². The van der Waals surface area contributed by atoms with Gasteiger partial charge in [-0.25, -0.2) is 4.39 Å². The zero-order valence-corrected chi connectivity index (χ0v) is 11.1. The van der Waals surface area contributed by atoms with Gasteiger partial charge in [-0.05, 0) is 37.6 Å². The van der Waals surface area contributed by atoms with Crippen molar-refractivity contribution in [3.8, 4) is 0 Å². The molecule has 0 spiro atoms. The van der Waals surface area contributed by atoms with Gasteiger partial charge in [0, 0.05) is 5.56 Å². The third kappa shape index (κ3) is 3.54. The highest BCUT2D eigenvalue weighted by molar-refractivity contribution is 5.98. The Bertz CT molecular complexity index is 511. The number of amides is 2. The van der Waals surface area contributed by atoms with Crippen LogP contribution in [0.3, 0.4) is 0 Å². The van der Waals surface area contributed by atoms with Crippen molar-refractivity contribution in [2.45, 2.75) is 31.7 Å². The predicted octanol–water partition coefficient (Wildman–Crippen LogP) is 1.40. The van der Waals surface area contributed by atoms with Crippen LogP contribution in [-0.4, -0.2) is 24.4 Å². The van der Waals surface area contributed by atoms with Gasteiger partial charge in [-0.1, -0.05) is 12.8 Å². The van der Waals surface area contributed by atoms with Gasteiger partial charge in [-0.15, -0.1) is 0 Å². The van der Waals surface area contributed by atoms with Crippen LogP contribution in [0.1, 0.15) is 36.0 Å². The number of primary amides is 1. The molecule has 108 valence electrons. The molecule has 1 fully saturated rings. The van der Waals surface area contributed by atoms with Crippen LogP contribution in [0.25, 0.3) is 0 Å². The molecule has 1 saturated heterocycles. The lowest BCUT2D eigenvalue weighted by atomic mass is 10.1. The number of anilines is 1. The second-order valence-electron chi connectivity index (χ2n) is 4.90. The van der Waals surface area contributed by atoms with E-state index in [4.69, 9.17) is 5.73 Å². The second kappa shape index (κ2) is 6.47. The summed E-state index contributed by atoms with van der Waals surface area (Å²) in [5.41, 5.74) is 5.29. The Morgan fingerprint density at radius 1 is 1.30 bits per heavy atom. The third-order valence-electron chi connectivity index (χ3n) is 3.39. The monoisotopic (exact) mass is 279 g/mol. The molecule has 1 unspecified atom stereocenters. The summed E-state index contributed by atoms with van der Waals surface area (Å²) < 4.78 is 13.7. The van der Waals surface area contributed by atoms with E-state index in [1.807, 2.05) is 0 Å². The van der Waals surface area contributed by atoms with E-state index >= 15 is 0 Å². The van der Waals surface area contributed by atoms with Gasteiger partial charge in [-0.2, -0.15) is 0 Å². The van der Waals surface area contributed by atoms with E-state index in [9.17, 15) is 14.0 Å². The van der Waals surface area contributed by atoms with Gasteiger partial charge < -0.3 is 16.4 Å². The van der Waals surface area contributed by atoms with Crippen LogP contribution >= 0.6 is 0 Å². The van der Waals surface area contributed by atoms with Crippen molar-refractivity contribution in [3.63, 3.8) is 0 Å². The number of nitrogens with one attached hydrogen (secondary N) is 2. The molecule has 2 rings (SSSR count). The lowest BCUT2D eigenvalue weighted by Gasteiger charge is -2.16. The molecule has 2 amide bonds. The second-order valence-corrected chi connectivity index (χ2v) is 4.90. The molecule has 1 aliphatic heterocycles. The number of carbonyl (C=O) groups is 2. The lowest BCUT2D eigenvalue weighted by molar-refractivity contribution is -0.118. The zero-order chi connectivity index (χ0) is 14.5. The molecule has 1 heterocycles. The Morgan fingerprint density at radius 3 is 2.85 bits per heavy atom. The molecule has 1 atom stereocenters. The molecule has 1 aromatic rings. The van der Waals surface area contributed by atoms with Gasteiger partial charge in [0.15, 0.2) is 0 Å². The van der Waals surface area contributed by atoms with E-state index in [-0.39, 0.29) is 23.2 Å². The highest BCUT2D eigenvalue weighted by atomic mass is 19.1. The molecule has 1 aromatic carbocycles. The predicted molar refractivity (Wildman–Crippen MR) is 73.8 cm³/mol. The molecule has 0 aliphatic carbocycles. The van der Waals surface area contributed by atoms with Gasteiger partial charge in [0.1, 0.15) is 5.82 Å². The Labute approximate surface area is 116 Å². The van der Waals surface area contributed by atoms with E-state index < -0.39 is 11.7 Å². The van der Waals surface area contributed by atoms with E-state index in [2.05, 4.69) is 10.6 Å². The lowest BCUT2D eigenvalue weighted by Crippen LogP contribution is -2.40. The van der Waals surface area contributed by atoms with Crippen LogP contribution in [0.15, 0.2) is 18.2 Å². The first-order chi connectivity index (χ1) is 9.58. The van der Waals surface area contributed by atoms with Crippen molar-refractivity contribution in [3.05, 3.63) is 29.6 Å². The minimum Gasteiger partial charge on any atom is -0.366 e. The SMILES string of the molecule is NC(=O)c1ccc(F)c(NC(=O)C2CCCCCN2)c1. The minimum atomic E-state index is -0.659. The topological polar surface area (TPSA) is 84.2 Å². The fraction of sp³-hybridized carbons (Fsp3) is 0.429. The number of benzene rings is 1. The molecule has 5 nitrogen and oxygen atoms in total. The van der Waals surface area contributed by atoms with E-state index in [0.29, 0.717) is 0 Å². The number of carbonyl (C=O) groups excluding carboxylic acids is 2. The van der Waals surface area contributed by atoms with Crippen LogP contribution < -0.4 is 16.4 Å². The zero-order valence-electron chi connectivity index (χ0n) is 11.1. The first kappa shape index (κ1) is 14.5. The van der Waals surface area contributed by atoms with Crippen molar-refractivity contribution in [1.29, 1.82) is 0 Å². The highest BCUT2D eigenvalue weighted by Crippen LogP contribution is 2.17. The third-order valence-corrected chi connectivity index (χ3v) is 3.39. The summed E-state index contributed by atoms with van der Waals surface area (Å²) in [5.74, 6) is -1.53. The molecule has 20 heavy (non-hydrogen) atoms. The number of halogens is 1. The standard InChI is InChI=1S/C14H18FN3O2/c15-10-6-5-9(13(16)19)8-12(10)18-14(20)11-4-2-1-3-7-17-11/h5-6,8,11,17H,1-4,7H2,(H2,16,19)(H,18,20). The van der Waals surface area contributed by atoms with Crippen molar-refractivity contribution in [2.24, 2.45) is 5.73 Å². The minimum absolute atomic E-state index is 0.0163. The van der Waals surface area contributed by atoms with Gasteiger partial charge in [-0.3, -0.25) is 9.59 Å². The first-order valence-corrected chi connectivity index (χ1v) is 6.71. The molecule has 0 radical (unpaired) electrons. The Hall–Kier alpha value is -1.95. The maximum Gasteiger partial charge on any atom is 0.248 e. The molecule has 0 saturated carbocycles. The van der Waals surface area contributed by atoms with Crippen molar-refractivity contribution in [2.75, 3.05) is 11.9 Å². The molecule has 4 N–H and O–H groups in total. The van der Waals surface area contributed by atoms with Crippen LogP contribution in [0.2, 0.25) is 0 Å². The fourth-order valence-corrected chi connectivity index (χ4v) is 2.25. The summed E-state index contributed by atoms with van der Waals surface area (Å²) >= 11 is 0. The molecule has 0 bridgehead atoms. The van der Waals surface area contributed by atoms with Gasteiger partial charge >= 0.3 is 0 Å². The number of rotatable bonds is 3. The number of hydrogen-bond acceptors (Lipinski definition) is 3. The summed E-state index contributed by atoms with van der Waals surface area (Å²) in [6, 6.07) is 3.34. The van der Waals surface area contributed by atoms with Crippen molar-refractivity contribution >= 4 is 17.5 Å². The summed E-state index contributed by atoms with van der Waals surface area (Å²) in [7, 11) is 0. The summed E-state index contributed by atoms with van der Waals surface area (Å²) in [4.78, 5) is 23.2. The quantitative estimate of drug-likeness (QED) is 0.782. The molecule has 1 aliphatic rings. The Balaban J connectivity index is 2.10. The normalized spacial score (nSPS) is 19.1. The fourth-order valence-electron chi connectivity index (χ4n) is 2.25. The van der Waals surface area contributed by atoms with Gasteiger partial charge in [0.25, 0.3) is 0 Å². The van der Waals surface area contributed by atoms with Crippen LogP contribution in [0.5, 0.6) is 0 Å². The average molecular weight is 279 g/mol. The van der Waals surface area contributed by atoms with E-state index in [1.54, 1.807) is 0 Å². The Morgan fingerprint density at radius 2 is 2.10 bits per heavy atom. The molecule has 6 heteroatoms. The van der Waals surface area contributed by atoms with Crippen LogP contribution in [0.4, 0.5) is 10.1 Å². The highest BCUT2D eigenvalue weighted by Gasteiger charge is 2.20. The number of hydrogen-bond donors (Lipinski definition) is 3. The number of nitrogens with two attached hydrogens (primary N) is 1.